The van der Waals surface area contributed by atoms with E-state index in [4.69, 9.17) is 5.26 Å². The smallest absolute Gasteiger partial charge is 0.166 e. The molecule has 1 aromatic carbocycles. The fourth-order valence-electron chi connectivity index (χ4n) is 2.33. The average molecular weight is 237 g/mol. The minimum atomic E-state index is 0.166. The van der Waals surface area contributed by atoms with Gasteiger partial charge < -0.3 is 0 Å². The maximum absolute atomic E-state index is 11.7. The molecule has 0 spiro atoms. The predicted octanol–water partition coefficient (Wildman–Crippen LogP) is 2.26. The van der Waals surface area contributed by atoms with Crippen LogP contribution in [0.3, 0.4) is 0 Å². The van der Waals surface area contributed by atoms with Gasteiger partial charge in [0.1, 0.15) is 0 Å². The van der Waals surface area contributed by atoms with Gasteiger partial charge >= 0.3 is 0 Å². The summed E-state index contributed by atoms with van der Waals surface area (Å²) in [5, 5.41) is 13.2. The summed E-state index contributed by atoms with van der Waals surface area (Å²) < 4.78 is 1.77. The first kappa shape index (κ1) is 10.7. The van der Waals surface area contributed by atoms with Crippen LogP contribution in [-0.2, 0) is 6.42 Å². The summed E-state index contributed by atoms with van der Waals surface area (Å²) in [7, 11) is 0. The van der Waals surface area contributed by atoms with E-state index in [1.165, 1.54) is 0 Å². The van der Waals surface area contributed by atoms with Crippen LogP contribution in [-0.4, -0.2) is 15.6 Å². The van der Waals surface area contributed by atoms with E-state index in [0.717, 1.165) is 29.8 Å². The van der Waals surface area contributed by atoms with Gasteiger partial charge in [-0.25, -0.2) is 4.68 Å². The molecule has 0 saturated carbocycles. The number of hydrogen-bond acceptors (Lipinski definition) is 3. The third-order valence-corrected chi connectivity index (χ3v) is 3.21. The number of benzene rings is 1. The van der Waals surface area contributed by atoms with Crippen molar-refractivity contribution < 1.29 is 4.79 Å². The molecule has 4 nitrogen and oxygen atoms in total. The molecule has 0 amide bonds. The van der Waals surface area contributed by atoms with Crippen LogP contribution in [0.15, 0.2) is 30.5 Å². The Hall–Kier alpha value is -2.41. The second-order valence-corrected chi connectivity index (χ2v) is 4.36. The Bertz CT molecular complexity index is 664. The Kier molecular flexibility index (Phi) is 2.45. The largest absolute Gasteiger partial charge is 0.294 e. The number of Topliss-reactive ketones (excluding diaryl/α,β-unsaturated/α-hetero) is 1. The maximum atomic E-state index is 11.7. The molecular weight excluding hydrogens is 226 g/mol. The molecule has 0 saturated heterocycles. The van der Waals surface area contributed by atoms with Gasteiger partial charge in [0.2, 0.25) is 0 Å². The Morgan fingerprint density at radius 1 is 1.33 bits per heavy atom. The molecule has 1 heterocycles. The third-order valence-electron chi connectivity index (χ3n) is 3.21. The fraction of sp³-hybridized carbons (Fsp3) is 0.214. The number of hydrogen-bond donors (Lipinski definition) is 0. The summed E-state index contributed by atoms with van der Waals surface area (Å²) in [5.74, 6) is 0.166. The topological polar surface area (TPSA) is 58.7 Å². The van der Waals surface area contributed by atoms with Crippen molar-refractivity contribution in [3.8, 4) is 11.8 Å². The predicted molar refractivity (Wildman–Crippen MR) is 65.5 cm³/mol. The van der Waals surface area contributed by atoms with Crippen LogP contribution in [0.2, 0.25) is 0 Å². The van der Waals surface area contributed by atoms with Gasteiger partial charge in [0.15, 0.2) is 5.78 Å². The minimum absolute atomic E-state index is 0.166. The van der Waals surface area contributed by atoms with E-state index in [0.29, 0.717) is 12.0 Å². The normalized spacial score (nSPS) is 14.1. The molecule has 2 aromatic rings. The van der Waals surface area contributed by atoms with Crippen molar-refractivity contribution in [2.75, 3.05) is 0 Å². The first-order valence-electron chi connectivity index (χ1n) is 5.90. The van der Waals surface area contributed by atoms with Crippen molar-refractivity contribution >= 4 is 5.78 Å². The number of nitriles is 1. The second kappa shape index (κ2) is 4.11. The van der Waals surface area contributed by atoms with E-state index < -0.39 is 0 Å². The number of rotatable bonds is 1. The molecule has 0 fully saturated rings. The molecule has 0 radical (unpaired) electrons. The third kappa shape index (κ3) is 1.61. The Morgan fingerprint density at radius 2 is 2.22 bits per heavy atom. The van der Waals surface area contributed by atoms with Crippen LogP contribution < -0.4 is 0 Å². The van der Waals surface area contributed by atoms with Gasteiger partial charge in [-0.2, -0.15) is 10.4 Å². The highest BCUT2D eigenvalue weighted by Gasteiger charge is 2.22. The van der Waals surface area contributed by atoms with E-state index in [1.807, 2.05) is 12.1 Å². The van der Waals surface area contributed by atoms with E-state index in [9.17, 15) is 4.79 Å². The summed E-state index contributed by atoms with van der Waals surface area (Å²) in [6, 6.07) is 9.37. The quantitative estimate of drug-likeness (QED) is 0.764. The van der Waals surface area contributed by atoms with Crippen molar-refractivity contribution in [3.63, 3.8) is 0 Å². The first-order chi connectivity index (χ1) is 8.79. The molecule has 88 valence electrons. The fourth-order valence-corrected chi connectivity index (χ4v) is 2.33. The average Bonchev–Trinajstić information content (AvgIpc) is 2.84. The maximum Gasteiger partial charge on any atom is 0.166 e. The van der Waals surface area contributed by atoms with Crippen molar-refractivity contribution in [1.82, 2.24) is 9.78 Å². The van der Waals surface area contributed by atoms with Gasteiger partial charge in [-0.05, 0) is 31.0 Å². The molecule has 18 heavy (non-hydrogen) atoms. The number of carbonyl (C=O) groups is 1. The lowest BCUT2D eigenvalue weighted by molar-refractivity contribution is 0.0972. The second-order valence-electron chi connectivity index (χ2n) is 4.36. The van der Waals surface area contributed by atoms with Crippen LogP contribution in [0, 0.1) is 11.3 Å². The lowest BCUT2D eigenvalue weighted by Crippen LogP contribution is -2.12. The van der Waals surface area contributed by atoms with E-state index >= 15 is 0 Å². The number of fused-ring (bicyclic) bond motifs is 1. The van der Waals surface area contributed by atoms with E-state index in [-0.39, 0.29) is 5.78 Å². The molecule has 0 atom stereocenters. The Morgan fingerprint density at radius 3 is 3.06 bits per heavy atom. The van der Waals surface area contributed by atoms with Crippen LogP contribution >= 0.6 is 0 Å². The van der Waals surface area contributed by atoms with Gasteiger partial charge in [-0.15, -0.1) is 0 Å². The number of ketones is 1. The molecule has 3 rings (SSSR count). The zero-order chi connectivity index (χ0) is 12.5. The number of aromatic nitrogens is 2. The van der Waals surface area contributed by atoms with Crippen molar-refractivity contribution in [2.24, 2.45) is 0 Å². The van der Waals surface area contributed by atoms with E-state index in [1.54, 1.807) is 23.0 Å². The van der Waals surface area contributed by atoms with Crippen molar-refractivity contribution in [1.29, 1.82) is 5.26 Å². The zero-order valence-corrected chi connectivity index (χ0v) is 9.76. The zero-order valence-electron chi connectivity index (χ0n) is 9.76. The summed E-state index contributed by atoms with van der Waals surface area (Å²) in [6.45, 7) is 0. The summed E-state index contributed by atoms with van der Waals surface area (Å²) >= 11 is 0. The molecule has 0 aliphatic heterocycles. The van der Waals surface area contributed by atoms with Gasteiger partial charge in [-0.1, -0.05) is 6.07 Å². The monoisotopic (exact) mass is 237 g/mol. The van der Waals surface area contributed by atoms with Crippen molar-refractivity contribution in [2.45, 2.75) is 19.3 Å². The highest BCUT2D eigenvalue weighted by molar-refractivity contribution is 5.98. The number of nitrogens with zero attached hydrogens (tertiary/aromatic N) is 3. The van der Waals surface area contributed by atoms with Gasteiger partial charge in [0.25, 0.3) is 0 Å². The van der Waals surface area contributed by atoms with Gasteiger partial charge in [0, 0.05) is 6.42 Å². The molecule has 0 N–H and O–H groups in total. The van der Waals surface area contributed by atoms with Crippen LogP contribution in [0.25, 0.3) is 5.69 Å². The number of carbonyl (C=O) groups excluding carboxylic acids is 1. The highest BCUT2D eigenvalue weighted by atomic mass is 16.1. The van der Waals surface area contributed by atoms with Crippen LogP contribution in [0.5, 0.6) is 0 Å². The molecule has 1 aromatic heterocycles. The summed E-state index contributed by atoms with van der Waals surface area (Å²) in [4.78, 5) is 11.7. The Labute approximate surface area is 104 Å². The van der Waals surface area contributed by atoms with Gasteiger partial charge in [-0.3, -0.25) is 4.79 Å². The highest BCUT2D eigenvalue weighted by Crippen LogP contribution is 2.23. The molecule has 1 aliphatic carbocycles. The van der Waals surface area contributed by atoms with Gasteiger partial charge in [0.05, 0.1) is 34.8 Å². The molecule has 0 bridgehead atoms. The first-order valence-corrected chi connectivity index (χ1v) is 5.90. The standard InChI is InChI=1S/C14H11N3O/c15-8-10-3-1-4-11(7-10)17-13-5-2-6-14(18)12(13)9-16-17/h1,3-4,7,9H,2,5-6H2. The molecular formula is C14H11N3O. The molecule has 1 aliphatic rings. The minimum Gasteiger partial charge on any atom is -0.294 e. The lowest BCUT2D eigenvalue weighted by atomic mass is 9.97. The molecule has 4 heteroatoms. The van der Waals surface area contributed by atoms with Crippen molar-refractivity contribution in [3.05, 3.63) is 47.3 Å². The van der Waals surface area contributed by atoms with Crippen LogP contribution in [0.4, 0.5) is 0 Å². The SMILES string of the molecule is N#Cc1cccc(-n2ncc3c2CCCC3=O)c1. The molecule has 0 unspecified atom stereocenters. The Balaban J connectivity index is 2.13. The van der Waals surface area contributed by atoms with E-state index in [2.05, 4.69) is 11.2 Å². The summed E-state index contributed by atoms with van der Waals surface area (Å²) in [6.07, 6.45) is 3.97. The lowest BCUT2D eigenvalue weighted by Gasteiger charge is -2.13. The van der Waals surface area contributed by atoms with Crippen LogP contribution in [0.1, 0.15) is 34.5 Å². The summed E-state index contributed by atoms with van der Waals surface area (Å²) in [5.41, 5.74) is 3.12.